The fraction of sp³-hybridized carbons (Fsp3) is 0.571. The average molecular weight is 254 g/mol. The van der Waals surface area contributed by atoms with Crippen molar-refractivity contribution in [2.45, 2.75) is 26.3 Å². The Labute approximate surface area is 107 Å². The number of rotatable bonds is 3. The summed E-state index contributed by atoms with van der Waals surface area (Å²) in [5.41, 5.74) is 2.83. The maximum atomic E-state index is 13.4. The molecule has 1 N–H and O–H groups in total. The summed E-state index contributed by atoms with van der Waals surface area (Å²) in [5.74, 6) is 0. The highest BCUT2D eigenvalue weighted by Gasteiger charge is 2.31. The molecule has 0 amide bonds. The molecule has 1 atom stereocenters. The van der Waals surface area contributed by atoms with Gasteiger partial charge in [0.2, 0.25) is 0 Å². The lowest BCUT2D eigenvalue weighted by molar-refractivity contribution is 0.0178. The monoisotopic (exact) mass is 254 g/mol. The summed E-state index contributed by atoms with van der Waals surface area (Å²) in [6.07, 6.45) is -2.34. The molecule has 1 aromatic rings. The van der Waals surface area contributed by atoms with Crippen LogP contribution in [0.5, 0.6) is 0 Å². The number of benzene rings is 1. The summed E-state index contributed by atoms with van der Waals surface area (Å²) >= 11 is 0. The Bertz CT molecular complexity index is 401. The van der Waals surface area contributed by atoms with Crippen molar-refractivity contribution < 1.29 is 8.78 Å². The van der Waals surface area contributed by atoms with Crippen molar-refractivity contribution in [3.63, 3.8) is 0 Å². The molecule has 0 unspecified atom stereocenters. The molecule has 0 radical (unpaired) electrons. The Morgan fingerprint density at radius 1 is 1.17 bits per heavy atom. The van der Waals surface area contributed by atoms with Gasteiger partial charge in [-0.1, -0.05) is 18.2 Å². The van der Waals surface area contributed by atoms with E-state index in [0.717, 1.165) is 29.8 Å². The summed E-state index contributed by atoms with van der Waals surface area (Å²) < 4.78 is 26.8. The summed E-state index contributed by atoms with van der Waals surface area (Å²) in [6.45, 7) is 6.84. The molecule has 1 aliphatic heterocycles. The van der Waals surface area contributed by atoms with Gasteiger partial charge in [-0.25, -0.2) is 8.78 Å². The van der Waals surface area contributed by atoms with E-state index in [1.54, 1.807) is 0 Å². The van der Waals surface area contributed by atoms with Gasteiger partial charge < -0.3 is 5.32 Å². The fourth-order valence-corrected chi connectivity index (χ4v) is 2.55. The van der Waals surface area contributed by atoms with Crippen LogP contribution in [0.3, 0.4) is 0 Å². The molecule has 0 saturated carbocycles. The first-order valence-electron chi connectivity index (χ1n) is 6.40. The fourth-order valence-electron chi connectivity index (χ4n) is 2.55. The van der Waals surface area contributed by atoms with Crippen LogP contribution in [0.2, 0.25) is 0 Å². The maximum absolute atomic E-state index is 13.4. The number of piperazine rings is 1. The minimum atomic E-state index is -2.34. The highest BCUT2D eigenvalue weighted by molar-refractivity contribution is 5.35. The van der Waals surface area contributed by atoms with Crippen LogP contribution in [0, 0.1) is 13.8 Å². The molecule has 0 spiro atoms. The molecule has 1 heterocycles. The second-order valence-electron chi connectivity index (χ2n) is 4.85. The molecule has 0 aliphatic carbocycles. The third-order valence-corrected chi connectivity index (χ3v) is 3.75. The number of nitrogens with zero attached hydrogens (tertiary/aromatic N) is 1. The van der Waals surface area contributed by atoms with Crippen molar-refractivity contribution in [1.29, 1.82) is 0 Å². The molecule has 18 heavy (non-hydrogen) atoms. The van der Waals surface area contributed by atoms with Gasteiger partial charge in [-0.05, 0) is 30.5 Å². The zero-order chi connectivity index (χ0) is 13.1. The third kappa shape index (κ3) is 2.70. The van der Waals surface area contributed by atoms with Crippen LogP contribution in [0.1, 0.15) is 22.7 Å². The van der Waals surface area contributed by atoms with Gasteiger partial charge in [-0.3, -0.25) is 4.90 Å². The van der Waals surface area contributed by atoms with Crippen LogP contribution in [0.4, 0.5) is 8.78 Å². The summed E-state index contributed by atoms with van der Waals surface area (Å²) in [5, 5.41) is 3.20. The zero-order valence-corrected chi connectivity index (χ0v) is 10.9. The standard InChI is InChI=1S/C14H20F2N2/c1-10-4-3-5-12(11(10)2)13(14(15)16)18-8-6-17-7-9-18/h3-5,13-14,17H,6-9H2,1-2H3/t13-/m1/s1. The third-order valence-electron chi connectivity index (χ3n) is 3.75. The quantitative estimate of drug-likeness (QED) is 0.891. The summed E-state index contributed by atoms with van der Waals surface area (Å²) in [6, 6.07) is 4.90. The Morgan fingerprint density at radius 3 is 2.44 bits per heavy atom. The summed E-state index contributed by atoms with van der Waals surface area (Å²) in [7, 11) is 0. The first kappa shape index (κ1) is 13.4. The van der Waals surface area contributed by atoms with Gasteiger partial charge in [-0.15, -0.1) is 0 Å². The number of hydrogen-bond acceptors (Lipinski definition) is 2. The minimum Gasteiger partial charge on any atom is -0.314 e. The highest BCUT2D eigenvalue weighted by Crippen LogP contribution is 2.31. The minimum absolute atomic E-state index is 0.683. The topological polar surface area (TPSA) is 15.3 Å². The number of halogens is 2. The summed E-state index contributed by atoms with van der Waals surface area (Å²) in [4.78, 5) is 1.89. The van der Waals surface area contributed by atoms with Gasteiger partial charge >= 0.3 is 0 Å². The number of alkyl halides is 2. The lowest BCUT2D eigenvalue weighted by Crippen LogP contribution is -2.47. The van der Waals surface area contributed by atoms with E-state index in [1.165, 1.54) is 0 Å². The largest absolute Gasteiger partial charge is 0.314 e. The maximum Gasteiger partial charge on any atom is 0.258 e. The highest BCUT2D eigenvalue weighted by atomic mass is 19.3. The lowest BCUT2D eigenvalue weighted by Gasteiger charge is -2.35. The van der Waals surface area contributed by atoms with E-state index in [1.807, 2.05) is 36.9 Å². The molecule has 4 heteroatoms. The van der Waals surface area contributed by atoms with Gasteiger partial charge in [0.25, 0.3) is 6.43 Å². The second-order valence-corrected chi connectivity index (χ2v) is 4.85. The van der Waals surface area contributed by atoms with Gasteiger partial charge in [0.1, 0.15) is 0 Å². The van der Waals surface area contributed by atoms with Crippen LogP contribution in [0.25, 0.3) is 0 Å². The average Bonchev–Trinajstić information content (AvgIpc) is 2.36. The molecule has 1 aliphatic rings. The van der Waals surface area contributed by atoms with Crippen LogP contribution < -0.4 is 5.32 Å². The van der Waals surface area contributed by atoms with E-state index in [9.17, 15) is 8.78 Å². The van der Waals surface area contributed by atoms with E-state index in [-0.39, 0.29) is 0 Å². The molecule has 0 bridgehead atoms. The zero-order valence-electron chi connectivity index (χ0n) is 10.9. The Balaban J connectivity index is 2.31. The number of nitrogens with one attached hydrogen (secondary N) is 1. The first-order valence-corrected chi connectivity index (χ1v) is 6.40. The van der Waals surface area contributed by atoms with Crippen LogP contribution in [-0.4, -0.2) is 37.5 Å². The molecule has 1 aromatic carbocycles. The van der Waals surface area contributed by atoms with E-state index in [4.69, 9.17) is 0 Å². The Morgan fingerprint density at radius 2 is 1.83 bits per heavy atom. The van der Waals surface area contributed by atoms with Gasteiger partial charge in [0.15, 0.2) is 0 Å². The molecule has 1 fully saturated rings. The van der Waals surface area contributed by atoms with Gasteiger partial charge in [0.05, 0.1) is 6.04 Å². The first-order chi connectivity index (χ1) is 8.61. The molecule has 0 aromatic heterocycles. The van der Waals surface area contributed by atoms with Crippen molar-refractivity contribution in [3.8, 4) is 0 Å². The second kappa shape index (κ2) is 5.76. The SMILES string of the molecule is Cc1cccc([C@H](C(F)F)N2CCNCC2)c1C. The van der Waals surface area contributed by atoms with Crippen molar-refractivity contribution >= 4 is 0 Å². The van der Waals surface area contributed by atoms with Crippen LogP contribution in [-0.2, 0) is 0 Å². The number of hydrogen-bond donors (Lipinski definition) is 1. The molecule has 2 nitrogen and oxygen atoms in total. The van der Waals surface area contributed by atoms with Crippen LogP contribution >= 0.6 is 0 Å². The molecule has 100 valence electrons. The molecule has 2 rings (SSSR count). The lowest BCUT2D eigenvalue weighted by atomic mass is 9.96. The van der Waals surface area contributed by atoms with Gasteiger partial charge in [-0.2, -0.15) is 0 Å². The normalized spacial score (nSPS) is 19.2. The van der Waals surface area contributed by atoms with Crippen molar-refractivity contribution in [3.05, 3.63) is 34.9 Å². The Hall–Kier alpha value is -1.00. The molecular formula is C14H20F2N2. The van der Waals surface area contributed by atoms with E-state index in [0.29, 0.717) is 13.1 Å². The predicted octanol–water partition coefficient (Wildman–Crippen LogP) is 2.51. The Kier molecular flexibility index (Phi) is 4.30. The predicted molar refractivity (Wildman–Crippen MR) is 69.1 cm³/mol. The smallest absolute Gasteiger partial charge is 0.258 e. The van der Waals surface area contributed by atoms with Crippen molar-refractivity contribution in [2.75, 3.05) is 26.2 Å². The van der Waals surface area contributed by atoms with Crippen molar-refractivity contribution in [1.82, 2.24) is 10.2 Å². The van der Waals surface area contributed by atoms with E-state index < -0.39 is 12.5 Å². The van der Waals surface area contributed by atoms with E-state index in [2.05, 4.69) is 5.32 Å². The van der Waals surface area contributed by atoms with Gasteiger partial charge in [0, 0.05) is 26.2 Å². The van der Waals surface area contributed by atoms with E-state index >= 15 is 0 Å². The van der Waals surface area contributed by atoms with Crippen LogP contribution in [0.15, 0.2) is 18.2 Å². The van der Waals surface area contributed by atoms with Crippen molar-refractivity contribution in [2.24, 2.45) is 0 Å². The number of aryl methyl sites for hydroxylation is 1. The molecular weight excluding hydrogens is 234 g/mol. The molecule has 1 saturated heterocycles.